The van der Waals surface area contributed by atoms with E-state index in [0.717, 1.165) is 6.54 Å². The average Bonchev–Trinajstić information content (AvgIpc) is 2.87. The van der Waals surface area contributed by atoms with Gasteiger partial charge in [-0.3, -0.25) is 0 Å². The molecule has 19 heavy (non-hydrogen) atoms. The van der Waals surface area contributed by atoms with Gasteiger partial charge in [-0.15, -0.1) is 0 Å². The SMILES string of the molecule is CS(=O)(=O)c1ccc(OCCNC2CCCC2)cc1. The van der Waals surface area contributed by atoms with E-state index in [1.807, 2.05) is 0 Å². The zero-order valence-corrected chi connectivity index (χ0v) is 12.1. The van der Waals surface area contributed by atoms with Crippen molar-refractivity contribution in [2.45, 2.75) is 36.6 Å². The van der Waals surface area contributed by atoms with Crippen LogP contribution in [0.2, 0.25) is 0 Å². The number of hydrogen-bond acceptors (Lipinski definition) is 4. The van der Waals surface area contributed by atoms with Crippen LogP contribution in [0.4, 0.5) is 0 Å². The highest BCUT2D eigenvalue weighted by molar-refractivity contribution is 7.90. The third-order valence-electron chi connectivity index (χ3n) is 3.41. The molecule has 0 bridgehead atoms. The molecule has 0 heterocycles. The molecule has 0 aromatic heterocycles. The van der Waals surface area contributed by atoms with Crippen LogP contribution >= 0.6 is 0 Å². The van der Waals surface area contributed by atoms with E-state index < -0.39 is 9.84 Å². The van der Waals surface area contributed by atoms with Crippen LogP contribution in [0.15, 0.2) is 29.2 Å². The van der Waals surface area contributed by atoms with Crippen molar-refractivity contribution in [1.82, 2.24) is 5.32 Å². The largest absolute Gasteiger partial charge is 0.492 e. The van der Waals surface area contributed by atoms with E-state index in [4.69, 9.17) is 4.74 Å². The predicted molar refractivity (Wildman–Crippen MR) is 75.3 cm³/mol. The van der Waals surface area contributed by atoms with Crippen LogP contribution in [0.3, 0.4) is 0 Å². The molecule has 2 rings (SSSR count). The second-order valence-corrected chi connectivity index (χ2v) is 7.04. The molecule has 1 aliphatic rings. The van der Waals surface area contributed by atoms with Crippen LogP contribution in [-0.2, 0) is 9.84 Å². The van der Waals surface area contributed by atoms with E-state index in [1.165, 1.54) is 31.9 Å². The molecule has 1 N–H and O–H groups in total. The normalized spacial score (nSPS) is 16.7. The summed E-state index contributed by atoms with van der Waals surface area (Å²) < 4.78 is 28.2. The molecule has 1 saturated carbocycles. The van der Waals surface area contributed by atoms with Crippen molar-refractivity contribution < 1.29 is 13.2 Å². The first-order chi connectivity index (χ1) is 9.05. The van der Waals surface area contributed by atoms with Crippen molar-refractivity contribution in [2.24, 2.45) is 0 Å². The molecule has 0 radical (unpaired) electrons. The van der Waals surface area contributed by atoms with Gasteiger partial charge in [-0.25, -0.2) is 8.42 Å². The average molecular weight is 283 g/mol. The van der Waals surface area contributed by atoms with E-state index in [9.17, 15) is 8.42 Å². The molecule has 0 amide bonds. The fourth-order valence-corrected chi connectivity index (χ4v) is 2.98. The molecule has 0 spiro atoms. The fourth-order valence-electron chi connectivity index (χ4n) is 2.34. The van der Waals surface area contributed by atoms with Crippen LogP contribution in [0.25, 0.3) is 0 Å². The van der Waals surface area contributed by atoms with Gasteiger partial charge in [-0.2, -0.15) is 0 Å². The number of nitrogens with one attached hydrogen (secondary N) is 1. The molecule has 1 fully saturated rings. The molecule has 0 unspecified atom stereocenters. The molecule has 106 valence electrons. The molecule has 0 atom stereocenters. The van der Waals surface area contributed by atoms with E-state index in [2.05, 4.69) is 5.32 Å². The first-order valence-electron chi connectivity index (χ1n) is 6.72. The Bertz CT molecular complexity index is 490. The quantitative estimate of drug-likeness (QED) is 0.811. The molecule has 4 nitrogen and oxygen atoms in total. The topological polar surface area (TPSA) is 55.4 Å². The second-order valence-electron chi connectivity index (χ2n) is 5.03. The summed E-state index contributed by atoms with van der Waals surface area (Å²) in [4.78, 5) is 0.323. The van der Waals surface area contributed by atoms with Crippen LogP contribution in [0, 0.1) is 0 Å². The van der Waals surface area contributed by atoms with Gasteiger partial charge in [0.05, 0.1) is 4.90 Å². The summed E-state index contributed by atoms with van der Waals surface area (Å²) in [5.41, 5.74) is 0. The highest BCUT2D eigenvalue weighted by Crippen LogP contribution is 2.18. The van der Waals surface area contributed by atoms with Crippen LogP contribution in [-0.4, -0.2) is 33.9 Å². The summed E-state index contributed by atoms with van der Waals surface area (Å²) in [6.07, 6.45) is 6.39. The third kappa shape index (κ3) is 4.51. The lowest BCUT2D eigenvalue weighted by Crippen LogP contribution is -2.30. The zero-order valence-electron chi connectivity index (χ0n) is 11.3. The van der Waals surface area contributed by atoms with Crippen molar-refractivity contribution in [3.8, 4) is 5.75 Å². The van der Waals surface area contributed by atoms with Crippen molar-refractivity contribution in [1.29, 1.82) is 0 Å². The number of rotatable bonds is 6. The maximum absolute atomic E-state index is 11.3. The van der Waals surface area contributed by atoms with Gasteiger partial charge in [0.1, 0.15) is 12.4 Å². The summed E-state index contributed by atoms with van der Waals surface area (Å²) in [5.74, 6) is 0.709. The first kappa shape index (κ1) is 14.3. The van der Waals surface area contributed by atoms with Crippen molar-refractivity contribution in [3.05, 3.63) is 24.3 Å². The van der Waals surface area contributed by atoms with Crippen LogP contribution in [0.1, 0.15) is 25.7 Å². The van der Waals surface area contributed by atoms with E-state index in [0.29, 0.717) is 23.3 Å². The molecule has 0 saturated heterocycles. The van der Waals surface area contributed by atoms with E-state index in [-0.39, 0.29) is 0 Å². The Morgan fingerprint density at radius 2 is 1.84 bits per heavy atom. The summed E-state index contributed by atoms with van der Waals surface area (Å²) in [5, 5.41) is 3.47. The lowest BCUT2D eigenvalue weighted by atomic mass is 10.2. The molecule has 1 aliphatic carbocycles. The minimum atomic E-state index is -3.12. The summed E-state index contributed by atoms with van der Waals surface area (Å²) in [7, 11) is -3.12. The van der Waals surface area contributed by atoms with Gasteiger partial charge in [0, 0.05) is 18.8 Å². The van der Waals surface area contributed by atoms with Gasteiger partial charge in [-0.1, -0.05) is 12.8 Å². The van der Waals surface area contributed by atoms with Gasteiger partial charge < -0.3 is 10.1 Å². The van der Waals surface area contributed by atoms with Gasteiger partial charge in [0.15, 0.2) is 9.84 Å². The number of hydrogen-bond donors (Lipinski definition) is 1. The highest BCUT2D eigenvalue weighted by Gasteiger charge is 2.13. The van der Waals surface area contributed by atoms with Crippen molar-refractivity contribution >= 4 is 9.84 Å². The molecule has 1 aromatic rings. The highest BCUT2D eigenvalue weighted by atomic mass is 32.2. The molecular formula is C14H21NO3S. The van der Waals surface area contributed by atoms with E-state index >= 15 is 0 Å². The predicted octanol–water partition coefficient (Wildman–Crippen LogP) is 2.00. The number of benzene rings is 1. The van der Waals surface area contributed by atoms with Gasteiger partial charge >= 0.3 is 0 Å². The lowest BCUT2D eigenvalue weighted by molar-refractivity contribution is 0.305. The Kier molecular flexibility index (Phi) is 4.82. The smallest absolute Gasteiger partial charge is 0.175 e. The number of ether oxygens (including phenoxy) is 1. The first-order valence-corrected chi connectivity index (χ1v) is 8.61. The molecule has 0 aliphatic heterocycles. The molecule has 1 aromatic carbocycles. The minimum Gasteiger partial charge on any atom is -0.492 e. The van der Waals surface area contributed by atoms with Gasteiger partial charge in [-0.05, 0) is 37.1 Å². The summed E-state index contributed by atoms with van der Waals surface area (Å²) >= 11 is 0. The third-order valence-corrected chi connectivity index (χ3v) is 4.54. The second kappa shape index (κ2) is 6.39. The fraction of sp³-hybridized carbons (Fsp3) is 0.571. The Hall–Kier alpha value is -1.07. The van der Waals surface area contributed by atoms with Gasteiger partial charge in [0.25, 0.3) is 0 Å². The monoisotopic (exact) mass is 283 g/mol. The molecule has 5 heteroatoms. The Labute approximate surface area is 115 Å². The van der Waals surface area contributed by atoms with Crippen molar-refractivity contribution in [3.63, 3.8) is 0 Å². The lowest BCUT2D eigenvalue weighted by Gasteiger charge is -2.12. The molecular weight excluding hydrogens is 262 g/mol. The minimum absolute atomic E-state index is 0.323. The van der Waals surface area contributed by atoms with E-state index in [1.54, 1.807) is 24.3 Å². The maximum atomic E-state index is 11.3. The van der Waals surface area contributed by atoms with Crippen LogP contribution in [0.5, 0.6) is 5.75 Å². The van der Waals surface area contributed by atoms with Crippen molar-refractivity contribution in [2.75, 3.05) is 19.4 Å². The maximum Gasteiger partial charge on any atom is 0.175 e. The Balaban J connectivity index is 1.74. The van der Waals surface area contributed by atoms with Crippen LogP contribution < -0.4 is 10.1 Å². The zero-order chi connectivity index (χ0) is 13.7. The standard InChI is InChI=1S/C14H21NO3S/c1-19(16,17)14-8-6-13(7-9-14)18-11-10-15-12-4-2-3-5-12/h6-9,12,15H,2-5,10-11H2,1H3. The summed E-state index contributed by atoms with van der Waals surface area (Å²) in [6, 6.07) is 7.21. The number of sulfone groups is 1. The van der Waals surface area contributed by atoms with Gasteiger partial charge in [0.2, 0.25) is 0 Å². The Morgan fingerprint density at radius 1 is 1.21 bits per heavy atom. The summed E-state index contributed by atoms with van der Waals surface area (Å²) in [6.45, 7) is 1.44. The Morgan fingerprint density at radius 3 is 2.42 bits per heavy atom.